The Balaban J connectivity index is 0.754. The highest BCUT2D eigenvalue weighted by atomic mass is 15.4. The third-order valence-corrected chi connectivity index (χ3v) is 25.8. The molecular formula is C99H114N18. The Kier molecular flexibility index (Phi) is 22.7. The van der Waals surface area contributed by atoms with Crippen molar-refractivity contribution in [2.75, 3.05) is 0 Å². The second kappa shape index (κ2) is 33.4. The summed E-state index contributed by atoms with van der Waals surface area (Å²) in [5.74, 6) is 0. The fourth-order valence-electron chi connectivity index (χ4n) is 19.0. The minimum atomic E-state index is 0.510. The van der Waals surface area contributed by atoms with Crippen molar-refractivity contribution in [2.45, 2.75) is 223 Å². The van der Waals surface area contributed by atoms with Crippen LogP contribution in [0.25, 0.3) is 66.8 Å². The second-order valence-corrected chi connectivity index (χ2v) is 33.1. The molecule has 0 spiro atoms. The third-order valence-electron chi connectivity index (χ3n) is 25.8. The van der Waals surface area contributed by atoms with E-state index in [-0.39, 0.29) is 0 Å². The quantitative estimate of drug-likeness (QED) is 0.0848. The van der Waals surface area contributed by atoms with Crippen molar-refractivity contribution in [3.63, 3.8) is 0 Å². The number of aryl methyl sites for hydroxylation is 6. The maximum absolute atomic E-state index is 5.16. The Morgan fingerprint density at radius 3 is 0.436 bits per heavy atom. The standard InChI is InChI=1S/C99H114N18/c1-58-88-49-100-43-76-19-31-82(32-20-76)94-64(7)106-112(70(94)13)55-114-73(16)97(67(10)109-114)85-37-25-79(26-38-85)46-103-52-91-61(4)92-53-104-47-80-27-39-86(40-28-80)98-68(11)110-115(74(98)17)56-113-71(14)95(65(8)107-113)83-33-21-77(22-34-83)44-101-50-89(58)60(3)90(59(88)2)51-102-45-78-23-35-84(36-24-78)96-66(9)108-116(72(96)15)57-117-75(18)99(69(12)111-117)87-41-29-81(30-42-87)48-105-54-93(62(91)5)63(92)6/h19-42,100-105H,43-57H2,1-18H3. The van der Waals surface area contributed by atoms with Crippen molar-refractivity contribution < 1.29 is 0 Å². The Bertz CT molecular complexity index is 5040. The van der Waals surface area contributed by atoms with Crippen LogP contribution in [0.15, 0.2) is 146 Å². The molecule has 6 N–H and O–H groups in total. The van der Waals surface area contributed by atoms with E-state index in [1.807, 2.05) is 0 Å². The summed E-state index contributed by atoms with van der Waals surface area (Å²) in [6.07, 6.45) is 0. The Labute approximate surface area is 690 Å². The summed E-state index contributed by atoms with van der Waals surface area (Å²) in [5, 5.41) is 54.5. The zero-order valence-corrected chi connectivity index (χ0v) is 71.8. The van der Waals surface area contributed by atoms with E-state index >= 15 is 0 Å². The van der Waals surface area contributed by atoms with Gasteiger partial charge in [-0.2, -0.15) is 30.6 Å². The van der Waals surface area contributed by atoms with Gasteiger partial charge in [0.15, 0.2) is 0 Å². The second-order valence-electron chi connectivity index (χ2n) is 33.1. The maximum atomic E-state index is 5.16. The van der Waals surface area contributed by atoms with E-state index in [1.165, 1.54) is 100 Å². The lowest BCUT2D eigenvalue weighted by atomic mass is 9.87. The minimum absolute atomic E-state index is 0.510. The predicted octanol–water partition coefficient (Wildman–Crippen LogP) is 18.3. The summed E-state index contributed by atoms with van der Waals surface area (Å²) in [5.41, 5.74) is 49.9. The van der Waals surface area contributed by atoms with E-state index in [4.69, 9.17) is 30.6 Å². The fourth-order valence-corrected chi connectivity index (χ4v) is 19.0. The lowest BCUT2D eigenvalue weighted by Crippen LogP contribution is -2.22. The summed E-state index contributed by atoms with van der Waals surface area (Å²) >= 11 is 0. The minimum Gasteiger partial charge on any atom is -0.309 e. The van der Waals surface area contributed by atoms with Crippen LogP contribution in [0.2, 0.25) is 0 Å². The third kappa shape index (κ3) is 15.8. The Morgan fingerprint density at radius 2 is 0.308 bits per heavy atom. The molecule has 30 bridgehead atoms. The van der Waals surface area contributed by atoms with Crippen molar-refractivity contribution in [2.24, 2.45) is 0 Å². The van der Waals surface area contributed by atoms with Gasteiger partial charge in [0.05, 0.1) is 34.2 Å². The monoisotopic (exact) mass is 1550 g/mol. The van der Waals surface area contributed by atoms with Gasteiger partial charge in [0.25, 0.3) is 0 Å². The lowest BCUT2D eigenvalue weighted by Gasteiger charge is -2.24. The van der Waals surface area contributed by atoms with Gasteiger partial charge in [-0.15, -0.1) is 0 Å². The van der Waals surface area contributed by atoms with Gasteiger partial charge in [-0.1, -0.05) is 146 Å². The molecule has 117 heavy (non-hydrogen) atoms. The zero-order valence-electron chi connectivity index (χ0n) is 71.8. The molecule has 0 aliphatic carbocycles. The molecule has 27 heterocycles. The normalized spacial score (nSPS) is 14.2. The average Bonchev–Trinajstić information content (AvgIpc) is 1.68. The molecule has 8 aromatic carbocycles. The summed E-state index contributed by atoms with van der Waals surface area (Å²) in [6.45, 7) is 50.1. The summed E-state index contributed by atoms with van der Waals surface area (Å²) in [4.78, 5) is 0. The SMILES string of the molecule is Cc1nn2c(C)c1-c1ccc(cc1)CNCc1c(C)c3c(C)c(c1C)CNCc1ccc(cc1)-c1c(C)nn(c1C)Cn1nc(C)c(c1C)-c1ccc(cc1)CNCc1c(C)c(c(C)c(c1C)CNCc1ccc(cc1)-c1c(C)nn(c1C)Cn1nc(C)c(c1C)-c1ccc(cc1)CNC3)CNCc1ccc(cc1)-c1c(C)nn(c1C)C2. The van der Waals surface area contributed by atoms with Gasteiger partial charge in [0, 0.05) is 146 Å². The molecule has 0 radical (unpaired) electrons. The molecule has 0 fully saturated rings. The van der Waals surface area contributed by atoms with E-state index in [9.17, 15) is 0 Å². The summed E-state index contributed by atoms with van der Waals surface area (Å²) in [7, 11) is 0. The number of hydrogen-bond acceptors (Lipinski definition) is 12. The molecule has 0 unspecified atom stereocenters. The molecule has 0 amide bonds. The number of hydrogen-bond donors (Lipinski definition) is 6. The van der Waals surface area contributed by atoms with E-state index in [0.717, 1.165) is 214 Å². The molecule has 18 nitrogen and oxygen atoms in total. The van der Waals surface area contributed by atoms with Crippen molar-refractivity contribution in [3.05, 3.63) is 314 Å². The number of nitrogens with one attached hydrogen (secondary N) is 6. The highest BCUT2D eigenvalue weighted by Gasteiger charge is 2.26. The van der Waals surface area contributed by atoms with E-state index in [2.05, 4.69) is 330 Å². The van der Waals surface area contributed by atoms with Gasteiger partial charge >= 0.3 is 0 Å². The molecule has 0 saturated heterocycles. The largest absolute Gasteiger partial charge is 0.309 e. The van der Waals surface area contributed by atoms with E-state index in [0.29, 0.717) is 20.0 Å². The number of aromatic nitrogens is 12. The van der Waals surface area contributed by atoms with E-state index in [1.54, 1.807) is 0 Å². The van der Waals surface area contributed by atoms with Gasteiger partial charge in [0.2, 0.25) is 0 Å². The number of nitrogens with zero attached hydrogens (tertiary/aromatic N) is 12. The van der Waals surface area contributed by atoms with Crippen molar-refractivity contribution in [3.8, 4) is 66.8 Å². The molecule has 600 valence electrons. The van der Waals surface area contributed by atoms with Crippen LogP contribution in [0.5, 0.6) is 0 Å². The first-order chi connectivity index (χ1) is 56.4. The molecule has 21 aliphatic heterocycles. The van der Waals surface area contributed by atoms with Crippen molar-refractivity contribution in [1.82, 2.24) is 90.6 Å². The molecule has 0 saturated carbocycles. The Morgan fingerprint density at radius 1 is 0.179 bits per heavy atom. The van der Waals surface area contributed by atoms with Crippen LogP contribution in [0.1, 0.15) is 168 Å². The van der Waals surface area contributed by atoms with Crippen LogP contribution in [-0.2, 0) is 98.5 Å². The maximum Gasteiger partial charge on any atom is 0.133 e. The number of rotatable bonds is 0. The summed E-state index contributed by atoms with van der Waals surface area (Å²) in [6, 6.07) is 54.4. The predicted molar refractivity (Wildman–Crippen MR) is 474 cm³/mol. The van der Waals surface area contributed by atoms with Gasteiger partial charge in [-0.05, 0) is 258 Å². The van der Waals surface area contributed by atoms with Crippen molar-refractivity contribution >= 4 is 0 Å². The molecule has 35 rings (SSSR count). The summed E-state index contributed by atoms with van der Waals surface area (Å²) < 4.78 is 12.7. The lowest BCUT2D eigenvalue weighted by molar-refractivity contribution is 0.481. The highest BCUT2D eigenvalue weighted by Crippen LogP contribution is 2.37. The van der Waals surface area contributed by atoms with Gasteiger partial charge in [0.1, 0.15) is 20.0 Å². The molecule has 14 aromatic rings. The van der Waals surface area contributed by atoms with Gasteiger partial charge < -0.3 is 31.9 Å². The average molecular weight is 1560 g/mol. The van der Waals surface area contributed by atoms with Crippen LogP contribution >= 0.6 is 0 Å². The van der Waals surface area contributed by atoms with Gasteiger partial charge in [-0.25, -0.2) is 28.1 Å². The van der Waals surface area contributed by atoms with Crippen molar-refractivity contribution in [1.29, 1.82) is 0 Å². The topological polar surface area (TPSA) is 179 Å². The van der Waals surface area contributed by atoms with Gasteiger partial charge in [-0.3, -0.25) is 0 Å². The smallest absolute Gasteiger partial charge is 0.133 e. The highest BCUT2D eigenvalue weighted by molar-refractivity contribution is 5.74. The zero-order chi connectivity index (χ0) is 81.8. The molecule has 18 heteroatoms. The first-order valence-electron chi connectivity index (χ1n) is 41.7. The van der Waals surface area contributed by atoms with Crippen LogP contribution < -0.4 is 31.9 Å². The molecule has 21 aliphatic rings. The van der Waals surface area contributed by atoms with Crippen LogP contribution in [0, 0.1) is 125 Å². The molecular weight excluding hydrogens is 1440 g/mol. The first kappa shape index (κ1) is 79.6. The van der Waals surface area contributed by atoms with Crippen LogP contribution in [0.4, 0.5) is 0 Å². The molecule has 0 atom stereocenters. The van der Waals surface area contributed by atoms with Crippen LogP contribution in [-0.4, -0.2) is 58.7 Å². The first-order valence-corrected chi connectivity index (χ1v) is 41.7. The fraction of sp³-hybridized carbons (Fsp3) is 0.333. The van der Waals surface area contributed by atoms with Crippen LogP contribution in [0.3, 0.4) is 0 Å². The number of benzene rings is 8. The molecule has 6 aromatic heterocycles. The van der Waals surface area contributed by atoms with E-state index < -0.39 is 0 Å². The Hall–Kier alpha value is -11.2.